The fraction of sp³-hybridized carbons (Fsp3) is 0.267. The lowest BCUT2D eigenvalue weighted by Crippen LogP contribution is -2.34. The van der Waals surface area contributed by atoms with Gasteiger partial charge in [0.1, 0.15) is 0 Å². The number of nitrogens with zero attached hydrogens (tertiary/aromatic N) is 1. The number of carbonyl (C=O) groups excluding carboxylic acids is 1. The lowest BCUT2D eigenvalue weighted by Gasteiger charge is -2.14. The van der Waals surface area contributed by atoms with Crippen LogP contribution in [0.3, 0.4) is 0 Å². The van der Waals surface area contributed by atoms with Crippen molar-refractivity contribution in [3.05, 3.63) is 50.4 Å². The van der Waals surface area contributed by atoms with Gasteiger partial charge in [-0.25, -0.2) is 9.78 Å². The largest absolute Gasteiger partial charge is 0.479 e. The fourth-order valence-electron chi connectivity index (χ4n) is 1.91. The second kappa shape index (κ2) is 7.51. The number of thiazole rings is 1. The molecule has 7 heteroatoms. The molecule has 1 atom stereocenters. The maximum atomic E-state index is 12.0. The molecule has 1 aromatic carbocycles. The number of benzene rings is 1. The number of hydrogen-bond acceptors (Lipinski definition) is 4. The SMILES string of the molecule is CCc1nc(CC(=O)NC(C(=O)O)c2ccc(Br)cc2)cs1. The molecule has 0 aliphatic rings. The van der Waals surface area contributed by atoms with Crippen LogP contribution in [0.2, 0.25) is 0 Å². The van der Waals surface area contributed by atoms with Gasteiger partial charge in [0.05, 0.1) is 17.1 Å². The molecule has 0 spiro atoms. The van der Waals surface area contributed by atoms with Crippen molar-refractivity contribution in [1.29, 1.82) is 0 Å². The van der Waals surface area contributed by atoms with E-state index < -0.39 is 12.0 Å². The molecule has 0 saturated heterocycles. The van der Waals surface area contributed by atoms with E-state index in [1.165, 1.54) is 11.3 Å². The molecule has 0 fully saturated rings. The third kappa shape index (κ3) is 4.38. The molecule has 116 valence electrons. The average molecular weight is 383 g/mol. The zero-order chi connectivity index (χ0) is 16.1. The van der Waals surface area contributed by atoms with Gasteiger partial charge in [-0.1, -0.05) is 35.0 Å². The number of aryl methyl sites for hydroxylation is 1. The molecule has 1 amide bonds. The molecule has 1 aromatic heterocycles. The van der Waals surface area contributed by atoms with Crippen molar-refractivity contribution < 1.29 is 14.7 Å². The summed E-state index contributed by atoms with van der Waals surface area (Å²) in [6.45, 7) is 2.00. The summed E-state index contributed by atoms with van der Waals surface area (Å²) in [6, 6.07) is 5.75. The van der Waals surface area contributed by atoms with Gasteiger partial charge in [0, 0.05) is 9.85 Å². The number of hydrogen-bond donors (Lipinski definition) is 2. The first-order valence-electron chi connectivity index (χ1n) is 6.70. The number of aliphatic carboxylic acids is 1. The summed E-state index contributed by atoms with van der Waals surface area (Å²) in [7, 11) is 0. The highest BCUT2D eigenvalue weighted by molar-refractivity contribution is 9.10. The van der Waals surface area contributed by atoms with E-state index in [0.717, 1.165) is 15.9 Å². The van der Waals surface area contributed by atoms with Gasteiger partial charge < -0.3 is 10.4 Å². The molecule has 0 aliphatic carbocycles. The van der Waals surface area contributed by atoms with E-state index in [0.29, 0.717) is 11.3 Å². The van der Waals surface area contributed by atoms with E-state index in [1.807, 2.05) is 12.3 Å². The number of halogens is 1. The molecule has 5 nitrogen and oxygen atoms in total. The quantitative estimate of drug-likeness (QED) is 0.804. The Bertz CT molecular complexity index is 670. The number of rotatable bonds is 6. The summed E-state index contributed by atoms with van der Waals surface area (Å²) in [5.74, 6) is -1.45. The molecule has 0 aliphatic heterocycles. The summed E-state index contributed by atoms with van der Waals surface area (Å²) in [4.78, 5) is 27.7. The normalized spacial score (nSPS) is 11.9. The van der Waals surface area contributed by atoms with Gasteiger partial charge in [-0.2, -0.15) is 0 Å². The Kier molecular flexibility index (Phi) is 5.68. The lowest BCUT2D eigenvalue weighted by atomic mass is 10.1. The van der Waals surface area contributed by atoms with Crippen LogP contribution in [0.15, 0.2) is 34.1 Å². The molecule has 0 saturated carbocycles. The Morgan fingerprint density at radius 3 is 2.59 bits per heavy atom. The average Bonchev–Trinajstić information content (AvgIpc) is 2.93. The highest BCUT2D eigenvalue weighted by atomic mass is 79.9. The van der Waals surface area contributed by atoms with Gasteiger partial charge >= 0.3 is 5.97 Å². The number of nitrogens with one attached hydrogen (secondary N) is 1. The Labute approximate surface area is 140 Å². The first kappa shape index (κ1) is 16.6. The lowest BCUT2D eigenvalue weighted by molar-refractivity contribution is -0.142. The van der Waals surface area contributed by atoms with Crippen LogP contribution >= 0.6 is 27.3 Å². The summed E-state index contributed by atoms with van der Waals surface area (Å²) < 4.78 is 0.848. The predicted octanol–water partition coefficient (Wildman–Crippen LogP) is 2.95. The molecule has 1 unspecified atom stereocenters. The second-order valence-corrected chi connectivity index (χ2v) is 6.51. The number of carboxylic acid groups (broad SMARTS) is 1. The van der Waals surface area contributed by atoms with Gasteiger partial charge in [-0.15, -0.1) is 11.3 Å². The van der Waals surface area contributed by atoms with Crippen molar-refractivity contribution in [3.63, 3.8) is 0 Å². The van der Waals surface area contributed by atoms with E-state index >= 15 is 0 Å². The third-order valence-electron chi connectivity index (χ3n) is 3.00. The number of aromatic nitrogens is 1. The van der Waals surface area contributed by atoms with Crippen LogP contribution < -0.4 is 5.32 Å². The molecule has 0 bridgehead atoms. The molecule has 22 heavy (non-hydrogen) atoms. The van der Waals surface area contributed by atoms with Gasteiger partial charge in [-0.3, -0.25) is 4.79 Å². The van der Waals surface area contributed by atoms with Gasteiger partial charge in [0.15, 0.2) is 6.04 Å². The minimum absolute atomic E-state index is 0.0802. The molecule has 2 rings (SSSR count). The minimum Gasteiger partial charge on any atom is -0.479 e. The van der Waals surface area contributed by atoms with Gasteiger partial charge in [0.25, 0.3) is 0 Å². The van der Waals surface area contributed by atoms with E-state index in [9.17, 15) is 14.7 Å². The summed E-state index contributed by atoms with van der Waals surface area (Å²) >= 11 is 4.80. The van der Waals surface area contributed by atoms with E-state index in [4.69, 9.17) is 0 Å². The molecule has 1 heterocycles. The van der Waals surface area contributed by atoms with Crippen LogP contribution in [0, 0.1) is 0 Å². The Balaban J connectivity index is 2.05. The number of carboxylic acids is 1. The zero-order valence-corrected chi connectivity index (χ0v) is 14.3. The predicted molar refractivity (Wildman–Crippen MR) is 87.9 cm³/mol. The fourth-order valence-corrected chi connectivity index (χ4v) is 2.92. The summed E-state index contributed by atoms with van der Waals surface area (Å²) in [5.41, 5.74) is 1.19. The van der Waals surface area contributed by atoms with Crippen LogP contribution in [0.5, 0.6) is 0 Å². The monoisotopic (exact) mass is 382 g/mol. The van der Waals surface area contributed by atoms with E-state index in [2.05, 4.69) is 26.2 Å². The minimum atomic E-state index is -1.09. The zero-order valence-electron chi connectivity index (χ0n) is 11.9. The molecular weight excluding hydrogens is 368 g/mol. The smallest absolute Gasteiger partial charge is 0.330 e. The highest BCUT2D eigenvalue weighted by Gasteiger charge is 2.22. The maximum Gasteiger partial charge on any atom is 0.330 e. The number of amides is 1. The Hall–Kier alpha value is -1.73. The van der Waals surface area contributed by atoms with Gasteiger partial charge in [0.2, 0.25) is 5.91 Å². The van der Waals surface area contributed by atoms with Crippen molar-refractivity contribution >= 4 is 39.1 Å². The summed E-state index contributed by atoms with van der Waals surface area (Å²) in [6.07, 6.45) is 0.903. The van der Waals surface area contributed by atoms with E-state index in [1.54, 1.807) is 24.3 Å². The highest BCUT2D eigenvalue weighted by Crippen LogP contribution is 2.18. The third-order valence-corrected chi connectivity index (χ3v) is 4.57. The van der Waals surface area contributed by atoms with Crippen LogP contribution in [0.1, 0.15) is 29.2 Å². The molecule has 0 radical (unpaired) electrons. The van der Waals surface area contributed by atoms with Crippen molar-refractivity contribution in [2.75, 3.05) is 0 Å². The second-order valence-electron chi connectivity index (χ2n) is 4.65. The Morgan fingerprint density at radius 1 is 1.36 bits per heavy atom. The van der Waals surface area contributed by atoms with Crippen molar-refractivity contribution in [2.24, 2.45) is 0 Å². The molecular formula is C15H15BrN2O3S. The molecule has 2 N–H and O–H groups in total. The van der Waals surface area contributed by atoms with Crippen LogP contribution in [-0.2, 0) is 22.4 Å². The summed E-state index contributed by atoms with van der Waals surface area (Å²) in [5, 5.41) is 14.6. The van der Waals surface area contributed by atoms with Crippen LogP contribution in [-0.4, -0.2) is 22.0 Å². The van der Waals surface area contributed by atoms with Crippen LogP contribution in [0.4, 0.5) is 0 Å². The van der Waals surface area contributed by atoms with Crippen molar-refractivity contribution in [1.82, 2.24) is 10.3 Å². The molecule has 2 aromatic rings. The first-order chi connectivity index (χ1) is 10.5. The Morgan fingerprint density at radius 2 is 2.05 bits per heavy atom. The maximum absolute atomic E-state index is 12.0. The number of carbonyl (C=O) groups is 2. The van der Waals surface area contributed by atoms with Crippen molar-refractivity contribution in [3.8, 4) is 0 Å². The van der Waals surface area contributed by atoms with Gasteiger partial charge in [-0.05, 0) is 24.1 Å². The van der Waals surface area contributed by atoms with Crippen LogP contribution in [0.25, 0.3) is 0 Å². The van der Waals surface area contributed by atoms with Crippen molar-refractivity contribution in [2.45, 2.75) is 25.8 Å². The van der Waals surface area contributed by atoms with E-state index in [-0.39, 0.29) is 12.3 Å². The topological polar surface area (TPSA) is 79.3 Å². The first-order valence-corrected chi connectivity index (χ1v) is 8.37. The standard InChI is InChI=1S/C15H15BrN2O3S/c1-2-13-17-11(8-22-13)7-12(19)18-14(15(20)21)9-3-5-10(16)6-4-9/h3-6,8,14H,2,7H2,1H3,(H,18,19)(H,20,21).